The van der Waals surface area contributed by atoms with E-state index in [9.17, 15) is 8.42 Å². The number of hydrogen-bond donors (Lipinski definition) is 3. The Kier molecular flexibility index (Phi) is 3.50. The van der Waals surface area contributed by atoms with Gasteiger partial charge in [-0.1, -0.05) is 0 Å². The van der Waals surface area contributed by atoms with Crippen LogP contribution in [0.1, 0.15) is 6.42 Å². The van der Waals surface area contributed by atoms with E-state index < -0.39 is 10.0 Å². The molecule has 0 bridgehead atoms. The number of nitrogens with two attached hydrogens (primary N) is 2. The van der Waals surface area contributed by atoms with Crippen molar-refractivity contribution in [2.24, 2.45) is 5.14 Å². The van der Waals surface area contributed by atoms with Crippen molar-refractivity contribution in [1.29, 1.82) is 0 Å². The summed E-state index contributed by atoms with van der Waals surface area (Å²) in [4.78, 5) is 0.0643. The molecular formula is C10H15N3O2S2. The van der Waals surface area contributed by atoms with Gasteiger partial charge in [0, 0.05) is 17.5 Å². The van der Waals surface area contributed by atoms with Gasteiger partial charge in [-0.2, -0.15) is 11.8 Å². The van der Waals surface area contributed by atoms with E-state index in [1.54, 1.807) is 12.1 Å². The minimum Gasteiger partial charge on any atom is -0.399 e. The number of sulfonamides is 1. The number of nitrogens with one attached hydrogen (secondary N) is 1. The number of anilines is 2. The zero-order valence-corrected chi connectivity index (χ0v) is 10.9. The average molecular weight is 273 g/mol. The minimum atomic E-state index is -3.75. The van der Waals surface area contributed by atoms with Crippen LogP contribution < -0.4 is 16.2 Å². The lowest BCUT2D eigenvalue weighted by molar-refractivity contribution is 0.598. The first-order valence-corrected chi connectivity index (χ1v) is 7.93. The number of nitrogen functional groups attached to an aromatic ring is 1. The molecule has 1 heterocycles. The average Bonchev–Trinajstić information content (AvgIpc) is 2.72. The number of rotatable bonds is 3. The normalized spacial score (nSPS) is 20.4. The van der Waals surface area contributed by atoms with E-state index in [1.807, 2.05) is 11.8 Å². The maximum Gasteiger partial charge on any atom is 0.240 e. The van der Waals surface area contributed by atoms with Crippen LogP contribution in [0.5, 0.6) is 0 Å². The van der Waals surface area contributed by atoms with Gasteiger partial charge < -0.3 is 11.1 Å². The minimum absolute atomic E-state index is 0.0643. The van der Waals surface area contributed by atoms with E-state index in [0.29, 0.717) is 17.4 Å². The molecule has 0 aliphatic carbocycles. The van der Waals surface area contributed by atoms with Crippen molar-refractivity contribution in [1.82, 2.24) is 0 Å². The van der Waals surface area contributed by atoms with Crippen molar-refractivity contribution in [2.45, 2.75) is 17.4 Å². The van der Waals surface area contributed by atoms with Gasteiger partial charge in [0.15, 0.2) is 0 Å². The van der Waals surface area contributed by atoms with E-state index in [0.717, 1.165) is 17.9 Å². The third kappa shape index (κ3) is 3.05. The number of primary sulfonamides is 1. The van der Waals surface area contributed by atoms with E-state index in [4.69, 9.17) is 10.9 Å². The van der Waals surface area contributed by atoms with E-state index >= 15 is 0 Å². The predicted octanol–water partition coefficient (Wildman–Crippen LogP) is 0.834. The van der Waals surface area contributed by atoms with Gasteiger partial charge >= 0.3 is 0 Å². The Morgan fingerprint density at radius 3 is 2.76 bits per heavy atom. The Labute approximate surface area is 105 Å². The maximum atomic E-state index is 11.5. The van der Waals surface area contributed by atoms with Gasteiger partial charge in [0.05, 0.1) is 5.69 Å². The summed E-state index contributed by atoms with van der Waals surface area (Å²) in [5.41, 5.74) is 6.51. The molecule has 17 heavy (non-hydrogen) atoms. The Morgan fingerprint density at radius 2 is 2.18 bits per heavy atom. The van der Waals surface area contributed by atoms with Crippen molar-refractivity contribution >= 4 is 33.2 Å². The highest BCUT2D eigenvalue weighted by Gasteiger charge is 2.19. The molecule has 1 unspecified atom stereocenters. The molecular weight excluding hydrogens is 258 g/mol. The quantitative estimate of drug-likeness (QED) is 0.709. The van der Waals surface area contributed by atoms with Gasteiger partial charge in [-0.25, -0.2) is 13.6 Å². The van der Waals surface area contributed by atoms with Crippen LogP contribution in [0.2, 0.25) is 0 Å². The van der Waals surface area contributed by atoms with Crippen LogP contribution in [0, 0.1) is 0 Å². The highest BCUT2D eigenvalue weighted by atomic mass is 32.2. The number of benzene rings is 1. The fraction of sp³-hybridized carbons (Fsp3) is 0.400. The summed E-state index contributed by atoms with van der Waals surface area (Å²) in [7, 11) is -3.75. The molecule has 1 fully saturated rings. The maximum absolute atomic E-state index is 11.5. The van der Waals surface area contributed by atoms with Gasteiger partial charge in [0.25, 0.3) is 0 Å². The molecule has 1 saturated heterocycles. The van der Waals surface area contributed by atoms with E-state index in [-0.39, 0.29) is 4.90 Å². The van der Waals surface area contributed by atoms with Crippen LogP contribution in [0.4, 0.5) is 11.4 Å². The molecule has 0 saturated carbocycles. The molecule has 5 nitrogen and oxygen atoms in total. The molecule has 0 amide bonds. The molecule has 7 heteroatoms. The molecule has 0 spiro atoms. The smallest absolute Gasteiger partial charge is 0.240 e. The largest absolute Gasteiger partial charge is 0.399 e. The molecule has 0 radical (unpaired) electrons. The van der Waals surface area contributed by atoms with Crippen molar-refractivity contribution < 1.29 is 8.42 Å². The second-order valence-electron chi connectivity index (χ2n) is 4.01. The SMILES string of the molecule is Nc1ccc(NC2CCSC2)c(S(N)(=O)=O)c1. The molecule has 1 aliphatic rings. The molecule has 0 aromatic heterocycles. The van der Waals surface area contributed by atoms with Crippen molar-refractivity contribution in [3.63, 3.8) is 0 Å². The highest BCUT2D eigenvalue weighted by molar-refractivity contribution is 7.99. The summed E-state index contributed by atoms with van der Waals surface area (Å²) in [6, 6.07) is 5.01. The Balaban J connectivity index is 2.32. The third-order valence-corrected chi connectivity index (χ3v) is 4.71. The fourth-order valence-corrected chi connectivity index (χ4v) is 3.65. The van der Waals surface area contributed by atoms with Crippen LogP contribution >= 0.6 is 11.8 Å². The van der Waals surface area contributed by atoms with Crippen molar-refractivity contribution in [3.05, 3.63) is 18.2 Å². The van der Waals surface area contributed by atoms with Gasteiger partial charge in [-0.15, -0.1) is 0 Å². The van der Waals surface area contributed by atoms with E-state index in [2.05, 4.69) is 5.32 Å². The Morgan fingerprint density at radius 1 is 1.41 bits per heavy atom. The first kappa shape index (κ1) is 12.5. The Hall–Kier alpha value is -0.920. The zero-order chi connectivity index (χ0) is 12.5. The molecule has 2 rings (SSSR count). The summed E-state index contributed by atoms with van der Waals surface area (Å²) in [6.07, 6.45) is 1.03. The summed E-state index contributed by atoms with van der Waals surface area (Å²) >= 11 is 1.85. The molecule has 1 aromatic rings. The van der Waals surface area contributed by atoms with Crippen LogP contribution in [-0.4, -0.2) is 26.0 Å². The fourth-order valence-electron chi connectivity index (χ4n) is 1.76. The summed E-state index contributed by atoms with van der Waals surface area (Å²) in [5, 5.41) is 8.38. The molecule has 1 aromatic carbocycles. The van der Waals surface area contributed by atoms with Crippen LogP contribution in [-0.2, 0) is 10.0 Å². The molecule has 1 atom stereocenters. The number of hydrogen-bond acceptors (Lipinski definition) is 5. The molecule has 94 valence electrons. The van der Waals surface area contributed by atoms with Crippen molar-refractivity contribution in [2.75, 3.05) is 22.6 Å². The lowest BCUT2D eigenvalue weighted by Gasteiger charge is -2.16. The van der Waals surface area contributed by atoms with Gasteiger partial charge in [-0.3, -0.25) is 0 Å². The Bertz CT molecular complexity index is 510. The van der Waals surface area contributed by atoms with Gasteiger partial charge in [0.2, 0.25) is 10.0 Å². The molecule has 1 aliphatic heterocycles. The second kappa shape index (κ2) is 4.75. The van der Waals surface area contributed by atoms with Crippen LogP contribution in [0.3, 0.4) is 0 Å². The second-order valence-corrected chi connectivity index (χ2v) is 6.69. The van der Waals surface area contributed by atoms with Crippen LogP contribution in [0.15, 0.2) is 23.1 Å². The summed E-state index contributed by atoms with van der Waals surface area (Å²) in [5.74, 6) is 2.08. The van der Waals surface area contributed by atoms with Crippen molar-refractivity contribution in [3.8, 4) is 0 Å². The van der Waals surface area contributed by atoms with E-state index in [1.165, 1.54) is 6.07 Å². The zero-order valence-electron chi connectivity index (χ0n) is 9.22. The highest BCUT2D eigenvalue weighted by Crippen LogP contribution is 2.27. The monoisotopic (exact) mass is 273 g/mol. The standard InChI is InChI=1S/C10H15N3O2S2/c11-7-1-2-9(10(5-7)17(12,14)15)13-8-3-4-16-6-8/h1-2,5,8,13H,3-4,6,11H2,(H2,12,14,15). The summed E-state index contributed by atoms with van der Waals surface area (Å²) < 4.78 is 22.9. The summed E-state index contributed by atoms with van der Waals surface area (Å²) in [6.45, 7) is 0. The van der Waals surface area contributed by atoms with Gasteiger partial charge in [0.1, 0.15) is 4.90 Å². The third-order valence-electron chi connectivity index (χ3n) is 2.60. The topological polar surface area (TPSA) is 98.2 Å². The number of thioether (sulfide) groups is 1. The lowest BCUT2D eigenvalue weighted by Crippen LogP contribution is -2.22. The molecule has 5 N–H and O–H groups in total. The lowest BCUT2D eigenvalue weighted by atomic mass is 10.2. The van der Waals surface area contributed by atoms with Crippen LogP contribution in [0.25, 0.3) is 0 Å². The first-order valence-electron chi connectivity index (χ1n) is 5.23. The van der Waals surface area contributed by atoms with Gasteiger partial charge in [-0.05, 0) is 30.4 Å². The predicted molar refractivity (Wildman–Crippen MR) is 71.6 cm³/mol. The first-order chi connectivity index (χ1) is 7.97.